The van der Waals surface area contributed by atoms with E-state index >= 15 is 0 Å². The van der Waals surface area contributed by atoms with Crippen LogP contribution < -0.4 is 10.0 Å². The van der Waals surface area contributed by atoms with Gasteiger partial charge in [-0.3, -0.25) is 4.79 Å². The van der Waals surface area contributed by atoms with Crippen molar-refractivity contribution in [3.05, 3.63) is 64.2 Å². The fraction of sp³-hybridized carbons (Fsp3) is 0.278. The summed E-state index contributed by atoms with van der Waals surface area (Å²) in [6.45, 7) is 4.20. The summed E-state index contributed by atoms with van der Waals surface area (Å²) in [4.78, 5) is 12.5. The van der Waals surface area contributed by atoms with Gasteiger partial charge in [0.15, 0.2) is 0 Å². The normalized spacial score (nSPS) is 11.3. The van der Waals surface area contributed by atoms with Gasteiger partial charge < -0.3 is 5.32 Å². The van der Waals surface area contributed by atoms with Crippen LogP contribution in [0.3, 0.4) is 0 Å². The molecular formula is C18H21ClN2O3S. The first-order valence-corrected chi connectivity index (χ1v) is 9.82. The average Bonchev–Trinajstić information content (AvgIpc) is 2.55. The standard InChI is InChI=1S/C18H21ClN2O3S/c1-3-21-25(23,24)16-8-7-13(2)17(12-16)18(22)20-10-9-14-5-4-6-15(19)11-14/h4-8,11-12,21H,3,9-10H2,1-2H3,(H,20,22). The van der Waals surface area contributed by atoms with Gasteiger partial charge in [-0.2, -0.15) is 0 Å². The van der Waals surface area contributed by atoms with E-state index < -0.39 is 10.0 Å². The Labute approximate surface area is 153 Å². The Balaban J connectivity index is 2.08. The third-order valence-corrected chi connectivity index (χ3v) is 5.46. The number of amides is 1. The Morgan fingerprint density at radius 3 is 2.60 bits per heavy atom. The molecule has 0 saturated heterocycles. The van der Waals surface area contributed by atoms with E-state index in [1.54, 1.807) is 26.0 Å². The number of rotatable bonds is 7. The lowest BCUT2D eigenvalue weighted by molar-refractivity contribution is 0.0953. The van der Waals surface area contributed by atoms with Gasteiger partial charge in [-0.25, -0.2) is 13.1 Å². The number of halogens is 1. The molecule has 0 heterocycles. The van der Waals surface area contributed by atoms with Gasteiger partial charge in [-0.05, 0) is 48.7 Å². The number of nitrogens with one attached hydrogen (secondary N) is 2. The summed E-state index contributed by atoms with van der Waals surface area (Å²) in [5, 5.41) is 3.47. The molecule has 0 bridgehead atoms. The highest BCUT2D eigenvalue weighted by atomic mass is 35.5. The Hall–Kier alpha value is -1.89. The highest BCUT2D eigenvalue weighted by Crippen LogP contribution is 2.16. The van der Waals surface area contributed by atoms with Gasteiger partial charge in [-0.1, -0.05) is 36.7 Å². The molecule has 2 rings (SSSR count). The molecule has 0 aromatic heterocycles. The maximum Gasteiger partial charge on any atom is 0.251 e. The van der Waals surface area contributed by atoms with Crippen molar-refractivity contribution in [1.29, 1.82) is 0 Å². The minimum absolute atomic E-state index is 0.0833. The zero-order chi connectivity index (χ0) is 18.4. The number of sulfonamides is 1. The van der Waals surface area contributed by atoms with Crippen molar-refractivity contribution < 1.29 is 13.2 Å². The van der Waals surface area contributed by atoms with Crippen molar-refractivity contribution >= 4 is 27.5 Å². The van der Waals surface area contributed by atoms with Crippen LogP contribution >= 0.6 is 11.6 Å². The molecule has 2 N–H and O–H groups in total. The van der Waals surface area contributed by atoms with Crippen LogP contribution in [-0.4, -0.2) is 27.4 Å². The quantitative estimate of drug-likeness (QED) is 0.775. The molecule has 25 heavy (non-hydrogen) atoms. The fourth-order valence-corrected chi connectivity index (χ4v) is 3.67. The van der Waals surface area contributed by atoms with Gasteiger partial charge in [-0.15, -0.1) is 0 Å². The zero-order valence-electron chi connectivity index (χ0n) is 14.2. The molecule has 0 radical (unpaired) electrons. The molecule has 2 aromatic carbocycles. The van der Waals surface area contributed by atoms with Crippen LogP contribution in [0.1, 0.15) is 28.4 Å². The summed E-state index contributed by atoms with van der Waals surface area (Å²) in [6.07, 6.45) is 0.640. The van der Waals surface area contributed by atoms with Crippen LogP contribution in [0.15, 0.2) is 47.4 Å². The molecule has 1 amide bonds. The van der Waals surface area contributed by atoms with Gasteiger partial charge in [0, 0.05) is 23.7 Å². The van der Waals surface area contributed by atoms with E-state index in [4.69, 9.17) is 11.6 Å². The van der Waals surface area contributed by atoms with E-state index in [2.05, 4.69) is 10.0 Å². The van der Waals surface area contributed by atoms with Crippen LogP contribution in [0.5, 0.6) is 0 Å². The Morgan fingerprint density at radius 2 is 1.92 bits per heavy atom. The molecule has 0 aliphatic carbocycles. The van der Waals surface area contributed by atoms with Crippen LogP contribution in [-0.2, 0) is 16.4 Å². The number of hydrogen-bond donors (Lipinski definition) is 2. The number of hydrogen-bond acceptors (Lipinski definition) is 3. The maximum absolute atomic E-state index is 12.4. The van der Waals surface area contributed by atoms with Crippen molar-refractivity contribution in [3.8, 4) is 0 Å². The lowest BCUT2D eigenvalue weighted by Crippen LogP contribution is -2.27. The second kappa shape index (κ2) is 8.47. The molecule has 7 heteroatoms. The topological polar surface area (TPSA) is 75.3 Å². The van der Waals surface area contributed by atoms with E-state index in [1.807, 2.05) is 18.2 Å². The van der Waals surface area contributed by atoms with E-state index in [-0.39, 0.29) is 17.3 Å². The Morgan fingerprint density at radius 1 is 1.16 bits per heavy atom. The van der Waals surface area contributed by atoms with Crippen LogP contribution in [0.2, 0.25) is 5.02 Å². The molecule has 0 fully saturated rings. The SMILES string of the molecule is CCNS(=O)(=O)c1ccc(C)c(C(=O)NCCc2cccc(Cl)c2)c1. The van der Waals surface area contributed by atoms with E-state index in [9.17, 15) is 13.2 Å². The first-order valence-electron chi connectivity index (χ1n) is 7.96. The van der Waals surface area contributed by atoms with Gasteiger partial charge in [0.05, 0.1) is 4.90 Å². The molecule has 2 aromatic rings. The highest BCUT2D eigenvalue weighted by Gasteiger charge is 2.17. The first-order chi connectivity index (χ1) is 11.8. The van der Waals surface area contributed by atoms with Gasteiger partial charge in [0.2, 0.25) is 10.0 Å². The monoisotopic (exact) mass is 380 g/mol. The molecule has 0 aliphatic rings. The Kier molecular flexibility index (Phi) is 6.58. The Bertz CT molecular complexity index is 866. The number of aryl methyl sites for hydroxylation is 1. The van der Waals surface area contributed by atoms with Gasteiger partial charge in [0.1, 0.15) is 0 Å². The van der Waals surface area contributed by atoms with Crippen molar-refractivity contribution in [2.45, 2.75) is 25.2 Å². The second-order valence-corrected chi connectivity index (χ2v) is 7.82. The number of carbonyl (C=O) groups excluding carboxylic acids is 1. The second-order valence-electron chi connectivity index (χ2n) is 5.61. The minimum atomic E-state index is -3.60. The molecule has 0 saturated carbocycles. The fourth-order valence-electron chi connectivity index (χ4n) is 2.39. The summed E-state index contributed by atoms with van der Waals surface area (Å²) in [5.41, 5.74) is 2.09. The lowest BCUT2D eigenvalue weighted by atomic mass is 10.1. The summed E-state index contributed by atoms with van der Waals surface area (Å²) < 4.78 is 26.6. The van der Waals surface area contributed by atoms with E-state index in [1.165, 1.54) is 12.1 Å². The molecule has 0 atom stereocenters. The highest BCUT2D eigenvalue weighted by molar-refractivity contribution is 7.89. The minimum Gasteiger partial charge on any atom is -0.352 e. The van der Waals surface area contributed by atoms with Crippen molar-refractivity contribution in [1.82, 2.24) is 10.0 Å². The van der Waals surface area contributed by atoms with E-state index in [0.717, 1.165) is 11.1 Å². The molecule has 134 valence electrons. The molecular weight excluding hydrogens is 360 g/mol. The van der Waals surface area contributed by atoms with Crippen LogP contribution in [0.4, 0.5) is 0 Å². The van der Waals surface area contributed by atoms with Crippen LogP contribution in [0.25, 0.3) is 0 Å². The molecule has 5 nitrogen and oxygen atoms in total. The van der Waals surface area contributed by atoms with Crippen molar-refractivity contribution in [3.63, 3.8) is 0 Å². The molecule has 0 spiro atoms. The third-order valence-electron chi connectivity index (χ3n) is 3.69. The summed E-state index contributed by atoms with van der Waals surface area (Å²) in [7, 11) is -3.60. The predicted octanol–water partition coefficient (Wildman–Crippen LogP) is 2.92. The molecule has 0 aliphatic heterocycles. The average molecular weight is 381 g/mol. The van der Waals surface area contributed by atoms with Crippen molar-refractivity contribution in [2.75, 3.05) is 13.1 Å². The number of carbonyl (C=O) groups is 1. The number of benzene rings is 2. The lowest BCUT2D eigenvalue weighted by Gasteiger charge is -2.11. The summed E-state index contributed by atoms with van der Waals surface area (Å²) >= 11 is 5.94. The van der Waals surface area contributed by atoms with Gasteiger partial charge in [0.25, 0.3) is 5.91 Å². The molecule has 0 unspecified atom stereocenters. The van der Waals surface area contributed by atoms with Crippen molar-refractivity contribution in [2.24, 2.45) is 0 Å². The predicted molar refractivity (Wildman–Crippen MR) is 99.5 cm³/mol. The third kappa shape index (κ3) is 5.29. The largest absolute Gasteiger partial charge is 0.352 e. The van der Waals surface area contributed by atoms with E-state index in [0.29, 0.717) is 23.6 Å². The summed E-state index contributed by atoms with van der Waals surface area (Å²) in [6, 6.07) is 12.0. The first kappa shape index (κ1) is 19.4. The summed E-state index contributed by atoms with van der Waals surface area (Å²) in [5.74, 6) is -0.298. The smallest absolute Gasteiger partial charge is 0.251 e. The van der Waals surface area contributed by atoms with Gasteiger partial charge >= 0.3 is 0 Å². The van der Waals surface area contributed by atoms with Crippen LogP contribution in [0, 0.1) is 6.92 Å². The maximum atomic E-state index is 12.4. The zero-order valence-corrected chi connectivity index (χ0v) is 15.7.